The van der Waals surface area contributed by atoms with Crippen molar-refractivity contribution < 1.29 is 14.7 Å². The van der Waals surface area contributed by atoms with E-state index in [1.165, 1.54) is 0 Å². The van der Waals surface area contributed by atoms with E-state index in [0.29, 0.717) is 18.6 Å². The molecule has 0 bridgehead atoms. The first kappa shape index (κ1) is 25.6. The number of nitrogens with zero attached hydrogens (tertiary/aromatic N) is 2. The monoisotopic (exact) mass is 463 g/mol. The average Bonchev–Trinajstić information content (AvgIpc) is 2.93. The van der Waals surface area contributed by atoms with Gasteiger partial charge in [-0.1, -0.05) is 88.6 Å². The Labute approximate surface area is 203 Å². The smallest absolute Gasteiger partial charge is 0.272 e. The maximum Gasteiger partial charge on any atom is 0.272 e. The molecule has 0 fully saturated rings. The van der Waals surface area contributed by atoms with Gasteiger partial charge in [0.2, 0.25) is 12.1 Å². The highest BCUT2D eigenvalue weighted by molar-refractivity contribution is 6.20. The maximum atomic E-state index is 13.4. The van der Waals surface area contributed by atoms with Gasteiger partial charge < -0.3 is 15.3 Å². The fraction of sp³-hybridized carbons (Fsp3) is 0.464. The van der Waals surface area contributed by atoms with Crippen molar-refractivity contribution in [1.82, 2.24) is 5.32 Å². The van der Waals surface area contributed by atoms with Gasteiger partial charge in [0, 0.05) is 18.2 Å². The number of aliphatic hydroxyl groups is 1. The fourth-order valence-corrected chi connectivity index (χ4v) is 4.44. The quantitative estimate of drug-likeness (QED) is 0.507. The number of benzene rings is 2. The van der Waals surface area contributed by atoms with Crippen molar-refractivity contribution in [2.45, 2.75) is 65.1 Å². The number of rotatable bonds is 10. The Bertz CT molecular complexity index is 1000. The highest BCUT2D eigenvalue weighted by atomic mass is 16.3. The Morgan fingerprint density at radius 3 is 2.44 bits per heavy atom. The number of unbranched alkanes of at least 4 members (excludes halogenated alkanes) is 2. The number of amides is 2. The lowest BCUT2D eigenvalue weighted by atomic mass is 9.88. The van der Waals surface area contributed by atoms with E-state index in [1.54, 1.807) is 11.9 Å². The molecule has 0 saturated heterocycles. The zero-order valence-electron chi connectivity index (χ0n) is 20.7. The third kappa shape index (κ3) is 6.11. The second kappa shape index (κ2) is 11.9. The van der Waals surface area contributed by atoms with Gasteiger partial charge in [-0.05, 0) is 24.8 Å². The zero-order valence-corrected chi connectivity index (χ0v) is 20.7. The molecule has 1 heterocycles. The third-order valence-corrected chi connectivity index (χ3v) is 6.30. The number of para-hydroxylation sites is 1. The van der Waals surface area contributed by atoms with E-state index in [1.807, 2.05) is 68.4 Å². The summed E-state index contributed by atoms with van der Waals surface area (Å²) in [7, 11) is 1.70. The zero-order chi connectivity index (χ0) is 24.7. The van der Waals surface area contributed by atoms with Crippen LogP contribution >= 0.6 is 0 Å². The number of carbonyl (C=O) groups is 2. The summed E-state index contributed by atoms with van der Waals surface area (Å²) in [5.41, 5.74) is 3.10. The second-order valence-corrected chi connectivity index (χ2v) is 9.47. The van der Waals surface area contributed by atoms with E-state index in [2.05, 4.69) is 12.2 Å². The minimum Gasteiger partial charge on any atom is -0.392 e. The van der Waals surface area contributed by atoms with Crippen molar-refractivity contribution in [3.63, 3.8) is 0 Å². The average molecular weight is 464 g/mol. The molecule has 6 nitrogen and oxygen atoms in total. The van der Waals surface area contributed by atoms with Crippen molar-refractivity contribution in [1.29, 1.82) is 0 Å². The molecule has 2 aromatic rings. The fourth-order valence-electron chi connectivity index (χ4n) is 4.44. The predicted molar refractivity (Wildman–Crippen MR) is 137 cm³/mol. The van der Waals surface area contributed by atoms with Gasteiger partial charge in [-0.3, -0.25) is 9.59 Å². The SMILES string of the molecule is CCCCC[C@H](O)[C@@H](CC(C)C)C(=O)NC1N=C(c2ccccc2)c2ccccc2N(C)C1=O. The van der Waals surface area contributed by atoms with Crippen LogP contribution in [0, 0.1) is 11.8 Å². The number of nitrogens with one attached hydrogen (secondary N) is 1. The Balaban J connectivity index is 1.94. The van der Waals surface area contributed by atoms with E-state index in [9.17, 15) is 14.7 Å². The minimum atomic E-state index is -1.07. The van der Waals surface area contributed by atoms with Crippen LogP contribution in [0.2, 0.25) is 0 Å². The topological polar surface area (TPSA) is 82.0 Å². The number of aliphatic hydroxyl groups excluding tert-OH is 1. The lowest BCUT2D eigenvalue weighted by Gasteiger charge is -2.26. The van der Waals surface area contributed by atoms with E-state index < -0.39 is 18.2 Å². The summed E-state index contributed by atoms with van der Waals surface area (Å²) < 4.78 is 0. The Morgan fingerprint density at radius 1 is 1.09 bits per heavy atom. The second-order valence-electron chi connectivity index (χ2n) is 9.47. The van der Waals surface area contributed by atoms with Crippen LogP contribution in [0.5, 0.6) is 0 Å². The van der Waals surface area contributed by atoms with Crippen LogP contribution in [0.3, 0.4) is 0 Å². The van der Waals surface area contributed by atoms with Gasteiger partial charge in [0.1, 0.15) is 0 Å². The van der Waals surface area contributed by atoms with Crippen LogP contribution in [-0.4, -0.2) is 41.9 Å². The summed E-state index contributed by atoms with van der Waals surface area (Å²) in [4.78, 5) is 33.1. The highest BCUT2D eigenvalue weighted by Gasteiger charge is 2.34. The highest BCUT2D eigenvalue weighted by Crippen LogP contribution is 2.28. The molecule has 0 saturated carbocycles. The Kier molecular flexibility index (Phi) is 8.99. The molecule has 3 atom stereocenters. The lowest BCUT2D eigenvalue weighted by Crippen LogP contribution is -2.49. The van der Waals surface area contributed by atoms with E-state index in [4.69, 9.17) is 4.99 Å². The van der Waals surface area contributed by atoms with E-state index in [-0.39, 0.29) is 17.7 Å². The van der Waals surface area contributed by atoms with E-state index >= 15 is 0 Å². The molecule has 2 amide bonds. The largest absolute Gasteiger partial charge is 0.392 e. The summed E-state index contributed by atoms with van der Waals surface area (Å²) in [6.45, 7) is 6.18. The van der Waals surface area contributed by atoms with Crippen LogP contribution in [0.15, 0.2) is 59.6 Å². The van der Waals surface area contributed by atoms with Gasteiger partial charge in [-0.25, -0.2) is 4.99 Å². The van der Waals surface area contributed by atoms with Gasteiger partial charge in [-0.2, -0.15) is 0 Å². The number of benzodiazepines with no additional fused rings is 1. The summed E-state index contributed by atoms with van der Waals surface area (Å²) in [6.07, 6.45) is 2.23. The Morgan fingerprint density at radius 2 is 1.76 bits per heavy atom. The molecule has 2 aromatic carbocycles. The number of likely N-dealkylation sites (N-methyl/N-ethyl adjacent to an activating group) is 1. The predicted octanol–water partition coefficient (Wildman–Crippen LogP) is 4.55. The number of carbonyl (C=O) groups excluding carboxylic acids is 2. The normalized spacial score (nSPS) is 17.6. The number of fused-ring (bicyclic) bond motifs is 1. The van der Waals surface area contributed by atoms with Gasteiger partial charge in [0.15, 0.2) is 0 Å². The molecule has 34 heavy (non-hydrogen) atoms. The molecule has 1 aliphatic heterocycles. The molecule has 0 aromatic heterocycles. The molecular weight excluding hydrogens is 426 g/mol. The first-order valence-electron chi connectivity index (χ1n) is 12.3. The van der Waals surface area contributed by atoms with Crippen LogP contribution in [0.25, 0.3) is 0 Å². The van der Waals surface area contributed by atoms with Crippen molar-refractivity contribution >= 4 is 23.2 Å². The van der Waals surface area contributed by atoms with Gasteiger partial charge in [-0.15, -0.1) is 0 Å². The number of hydrogen-bond donors (Lipinski definition) is 2. The molecule has 1 unspecified atom stereocenters. The molecule has 2 N–H and O–H groups in total. The lowest BCUT2D eigenvalue weighted by molar-refractivity contribution is -0.133. The first-order valence-corrected chi connectivity index (χ1v) is 12.3. The van der Waals surface area contributed by atoms with Crippen LogP contribution < -0.4 is 10.2 Å². The van der Waals surface area contributed by atoms with Crippen molar-refractivity contribution in [2.24, 2.45) is 16.8 Å². The van der Waals surface area contributed by atoms with Crippen molar-refractivity contribution in [3.05, 3.63) is 65.7 Å². The summed E-state index contributed by atoms with van der Waals surface area (Å²) in [6, 6.07) is 17.3. The number of anilines is 1. The number of hydrogen-bond acceptors (Lipinski definition) is 4. The molecule has 3 rings (SSSR count). The van der Waals surface area contributed by atoms with Crippen LogP contribution in [-0.2, 0) is 9.59 Å². The molecule has 6 heteroatoms. The molecule has 182 valence electrons. The molecule has 1 aliphatic rings. The molecular formula is C28H37N3O3. The maximum absolute atomic E-state index is 13.4. The summed E-state index contributed by atoms with van der Waals surface area (Å²) in [5.74, 6) is -0.991. The summed E-state index contributed by atoms with van der Waals surface area (Å²) in [5, 5.41) is 13.7. The first-order chi connectivity index (χ1) is 16.3. The van der Waals surface area contributed by atoms with E-state index in [0.717, 1.165) is 36.1 Å². The third-order valence-electron chi connectivity index (χ3n) is 6.30. The Hall–Kier alpha value is -2.99. The summed E-state index contributed by atoms with van der Waals surface area (Å²) >= 11 is 0. The van der Waals surface area contributed by atoms with Gasteiger partial charge in [0.25, 0.3) is 5.91 Å². The molecule has 0 spiro atoms. The van der Waals surface area contributed by atoms with Crippen LogP contribution in [0.1, 0.15) is 64.0 Å². The molecule has 0 radical (unpaired) electrons. The van der Waals surface area contributed by atoms with Crippen molar-refractivity contribution in [3.8, 4) is 0 Å². The van der Waals surface area contributed by atoms with Gasteiger partial charge >= 0.3 is 0 Å². The standard InChI is InChI=1S/C28H37N3O3/c1-5-6-8-17-24(32)22(18-19(2)3)27(33)30-26-28(34)31(4)23-16-12-11-15-21(23)25(29-26)20-13-9-7-10-14-20/h7,9-16,19,22,24,26,32H,5-6,8,17-18H2,1-4H3,(H,30,33)/t22-,24+,26?/m1/s1. The molecule has 0 aliphatic carbocycles. The number of aliphatic imine (C=N–C) groups is 1. The van der Waals surface area contributed by atoms with Gasteiger partial charge in [0.05, 0.1) is 23.4 Å². The minimum absolute atomic E-state index is 0.233. The van der Waals surface area contributed by atoms with Crippen LogP contribution in [0.4, 0.5) is 5.69 Å². The van der Waals surface area contributed by atoms with Crippen molar-refractivity contribution in [2.75, 3.05) is 11.9 Å².